The van der Waals surface area contributed by atoms with Crippen LogP contribution in [0, 0.1) is 0 Å². The summed E-state index contributed by atoms with van der Waals surface area (Å²) < 4.78 is 5.50. The molecule has 0 radical (unpaired) electrons. The van der Waals surface area contributed by atoms with Crippen molar-refractivity contribution in [3.05, 3.63) is 48.7 Å². The van der Waals surface area contributed by atoms with Gasteiger partial charge in [0.15, 0.2) is 0 Å². The monoisotopic (exact) mass is 343 g/mol. The van der Waals surface area contributed by atoms with Gasteiger partial charge in [-0.05, 0) is 43.5 Å². The molecule has 6 nitrogen and oxygen atoms in total. The molecule has 1 heterocycles. The van der Waals surface area contributed by atoms with Gasteiger partial charge in [-0.25, -0.2) is 4.98 Å². The first-order valence-corrected chi connectivity index (χ1v) is 8.56. The molecule has 0 bridgehead atoms. The van der Waals surface area contributed by atoms with E-state index in [4.69, 9.17) is 9.84 Å². The highest BCUT2D eigenvalue weighted by Gasteiger charge is 2.04. The van der Waals surface area contributed by atoms with E-state index in [1.165, 1.54) is 0 Å². The number of aliphatic hydroxyl groups excluding tert-OH is 1. The quantitative estimate of drug-likeness (QED) is 0.546. The van der Waals surface area contributed by atoms with Gasteiger partial charge in [-0.1, -0.05) is 18.2 Å². The van der Waals surface area contributed by atoms with E-state index in [0.717, 1.165) is 37.4 Å². The van der Waals surface area contributed by atoms with Gasteiger partial charge in [0.05, 0.1) is 24.9 Å². The second kappa shape index (κ2) is 11.0. The number of para-hydroxylation sites is 1. The number of aliphatic hydroxyl groups is 1. The van der Waals surface area contributed by atoms with Gasteiger partial charge >= 0.3 is 0 Å². The second-order valence-electron chi connectivity index (χ2n) is 5.60. The molecule has 2 rings (SSSR count). The van der Waals surface area contributed by atoms with E-state index < -0.39 is 0 Å². The third-order valence-electron chi connectivity index (χ3n) is 3.53. The molecular formula is C19H25N3O3. The average molecular weight is 343 g/mol. The molecule has 0 aliphatic rings. The predicted octanol–water partition coefficient (Wildman–Crippen LogP) is 3.06. The number of aromatic nitrogens is 1. The number of carbonyl (C=O) groups excluding carboxylic acids is 1. The number of hydrogen-bond donors (Lipinski definition) is 3. The van der Waals surface area contributed by atoms with Crippen molar-refractivity contribution in [2.45, 2.75) is 25.7 Å². The summed E-state index contributed by atoms with van der Waals surface area (Å²) in [4.78, 5) is 16.2. The maximum atomic E-state index is 11.9. The highest BCUT2D eigenvalue weighted by molar-refractivity contribution is 5.90. The molecule has 0 atom stereocenters. The summed E-state index contributed by atoms with van der Waals surface area (Å²) in [6.07, 6.45) is 4.71. The van der Waals surface area contributed by atoms with Crippen LogP contribution >= 0.6 is 0 Å². The minimum atomic E-state index is -0.109. The summed E-state index contributed by atoms with van der Waals surface area (Å²) >= 11 is 0. The Morgan fingerprint density at radius 1 is 1.08 bits per heavy atom. The lowest BCUT2D eigenvalue weighted by atomic mass is 10.2. The molecule has 1 amide bonds. The van der Waals surface area contributed by atoms with Crippen molar-refractivity contribution in [3.8, 4) is 5.75 Å². The first-order chi connectivity index (χ1) is 12.3. The SMILES string of the molecule is O=C(CCOc1ccccc1)Nc1ccc(NCCCCCO)nc1. The van der Waals surface area contributed by atoms with Crippen LogP contribution in [0.15, 0.2) is 48.7 Å². The smallest absolute Gasteiger partial charge is 0.227 e. The van der Waals surface area contributed by atoms with E-state index >= 15 is 0 Å². The number of nitrogens with zero attached hydrogens (tertiary/aromatic N) is 1. The topological polar surface area (TPSA) is 83.5 Å². The molecule has 0 aliphatic carbocycles. The van der Waals surface area contributed by atoms with Crippen LogP contribution in [0.25, 0.3) is 0 Å². The van der Waals surface area contributed by atoms with Crippen LogP contribution in [0.5, 0.6) is 5.75 Å². The number of pyridine rings is 1. The Bertz CT molecular complexity index is 618. The molecule has 0 aliphatic heterocycles. The zero-order valence-corrected chi connectivity index (χ0v) is 14.3. The molecule has 0 unspecified atom stereocenters. The van der Waals surface area contributed by atoms with Gasteiger partial charge in [0.25, 0.3) is 0 Å². The molecule has 0 saturated carbocycles. The van der Waals surface area contributed by atoms with Crippen molar-refractivity contribution >= 4 is 17.4 Å². The molecule has 2 aromatic rings. The summed E-state index contributed by atoms with van der Waals surface area (Å²) in [5.74, 6) is 1.42. The van der Waals surface area contributed by atoms with Crippen molar-refractivity contribution in [2.75, 3.05) is 30.4 Å². The van der Waals surface area contributed by atoms with Crippen LogP contribution in [0.4, 0.5) is 11.5 Å². The average Bonchev–Trinajstić information content (AvgIpc) is 2.64. The van der Waals surface area contributed by atoms with Gasteiger partial charge in [-0.15, -0.1) is 0 Å². The van der Waals surface area contributed by atoms with Gasteiger partial charge in [0, 0.05) is 13.2 Å². The summed E-state index contributed by atoms with van der Waals surface area (Å²) in [5, 5.41) is 14.7. The lowest BCUT2D eigenvalue weighted by Gasteiger charge is -2.08. The molecule has 0 saturated heterocycles. The number of ether oxygens (including phenoxy) is 1. The molecule has 0 fully saturated rings. The van der Waals surface area contributed by atoms with Crippen molar-refractivity contribution < 1.29 is 14.6 Å². The van der Waals surface area contributed by atoms with E-state index in [1.54, 1.807) is 6.20 Å². The molecule has 3 N–H and O–H groups in total. The zero-order valence-electron chi connectivity index (χ0n) is 14.3. The fourth-order valence-electron chi connectivity index (χ4n) is 2.20. The number of nitrogens with one attached hydrogen (secondary N) is 2. The first-order valence-electron chi connectivity index (χ1n) is 8.56. The maximum absolute atomic E-state index is 11.9. The van der Waals surface area contributed by atoms with Gasteiger partial charge in [0.1, 0.15) is 11.6 Å². The normalized spacial score (nSPS) is 10.3. The molecule has 6 heteroatoms. The van der Waals surface area contributed by atoms with Crippen molar-refractivity contribution in [1.82, 2.24) is 4.98 Å². The van der Waals surface area contributed by atoms with Crippen LogP contribution in [-0.4, -0.2) is 35.8 Å². The summed E-state index contributed by atoms with van der Waals surface area (Å²) in [6, 6.07) is 13.1. The van der Waals surface area contributed by atoms with E-state index in [1.807, 2.05) is 42.5 Å². The van der Waals surface area contributed by atoms with E-state index in [-0.39, 0.29) is 18.9 Å². The van der Waals surface area contributed by atoms with Crippen LogP contribution in [0.2, 0.25) is 0 Å². The minimum absolute atomic E-state index is 0.109. The number of anilines is 2. The van der Waals surface area contributed by atoms with Crippen molar-refractivity contribution in [3.63, 3.8) is 0 Å². The molecule has 1 aromatic heterocycles. The van der Waals surface area contributed by atoms with Gasteiger partial charge in [0.2, 0.25) is 5.91 Å². The first kappa shape index (κ1) is 18.7. The van der Waals surface area contributed by atoms with E-state index in [9.17, 15) is 4.79 Å². The van der Waals surface area contributed by atoms with E-state index in [0.29, 0.717) is 12.3 Å². The Morgan fingerprint density at radius 3 is 2.64 bits per heavy atom. The predicted molar refractivity (Wildman–Crippen MR) is 98.8 cm³/mol. The van der Waals surface area contributed by atoms with Gasteiger partial charge in [-0.3, -0.25) is 4.79 Å². The Hall–Kier alpha value is -2.60. The van der Waals surface area contributed by atoms with Gasteiger partial charge in [-0.2, -0.15) is 0 Å². The molecule has 0 spiro atoms. The summed E-state index contributed by atoms with van der Waals surface area (Å²) in [5.41, 5.74) is 0.663. The fourth-order valence-corrected chi connectivity index (χ4v) is 2.20. The lowest BCUT2D eigenvalue weighted by Crippen LogP contribution is -2.15. The fraction of sp³-hybridized carbons (Fsp3) is 0.368. The second-order valence-corrected chi connectivity index (χ2v) is 5.60. The molecule has 134 valence electrons. The molecule has 25 heavy (non-hydrogen) atoms. The number of amides is 1. The lowest BCUT2D eigenvalue weighted by molar-refractivity contribution is -0.116. The third-order valence-corrected chi connectivity index (χ3v) is 3.53. The Morgan fingerprint density at radius 2 is 1.92 bits per heavy atom. The van der Waals surface area contributed by atoms with Crippen molar-refractivity contribution in [1.29, 1.82) is 0 Å². The van der Waals surface area contributed by atoms with Crippen molar-refractivity contribution in [2.24, 2.45) is 0 Å². The number of hydrogen-bond acceptors (Lipinski definition) is 5. The largest absolute Gasteiger partial charge is 0.493 e. The summed E-state index contributed by atoms with van der Waals surface area (Å²) in [6.45, 7) is 1.38. The number of rotatable bonds is 11. The highest BCUT2D eigenvalue weighted by Crippen LogP contribution is 2.11. The Kier molecular flexibility index (Phi) is 8.27. The Labute approximate surface area is 148 Å². The van der Waals surface area contributed by atoms with Crippen LogP contribution in [0.3, 0.4) is 0 Å². The molecular weight excluding hydrogens is 318 g/mol. The zero-order chi connectivity index (χ0) is 17.7. The highest BCUT2D eigenvalue weighted by atomic mass is 16.5. The van der Waals surface area contributed by atoms with Crippen LogP contribution in [-0.2, 0) is 4.79 Å². The molecule has 1 aromatic carbocycles. The van der Waals surface area contributed by atoms with E-state index in [2.05, 4.69) is 15.6 Å². The van der Waals surface area contributed by atoms with Crippen LogP contribution in [0.1, 0.15) is 25.7 Å². The number of unbranched alkanes of at least 4 members (excludes halogenated alkanes) is 2. The Balaban J connectivity index is 1.65. The minimum Gasteiger partial charge on any atom is -0.493 e. The van der Waals surface area contributed by atoms with Gasteiger partial charge < -0.3 is 20.5 Å². The summed E-state index contributed by atoms with van der Waals surface area (Å²) in [7, 11) is 0. The standard InChI is InChI=1S/C19H25N3O3/c23-13-6-2-5-12-20-18-10-9-16(15-21-18)22-19(24)11-14-25-17-7-3-1-4-8-17/h1,3-4,7-10,15,23H,2,5-6,11-14H2,(H,20,21)(H,22,24). The number of benzene rings is 1. The maximum Gasteiger partial charge on any atom is 0.227 e. The third kappa shape index (κ3) is 7.67. The van der Waals surface area contributed by atoms with Crippen LogP contribution < -0.4 is 15.4 Å². The number of carbonyl (C=O) groups is 1.